The van der Waals surface area contributed by atoms with Crippen LogP contribution in [-0.2, 0) is 20.1 Å². The van der Waals surface area contributed by atoms with E-state index in [0.717, 1.165) is 19.0 Å². The second-order valence-corrected chi connectivity index (χ2v) is 6.44. The standard InChI is InChI=1S/C18H26N4/c1-15-7-9-22(10-8-15)17-5-3-16(4-6-17)11-19-12-18-13-20-14-21(18)2/h3-6,13-15,19H,7-12H2,1-2H3. The molecule has 1 aromatic heterocycles. The predicted molar refractivity (Wildman–Crippen MR) is 90.8 cm³/mol. The van der Waals surface area contributed by atoms with Crippen LogP contribution in [0, 0.1) is 5.92 Å². The first-order valence-corrected chi connectivity index (χ1v) is 8.22. The maximum Gasteiger partial charge on any atom is 0.0945 e. The minimum Gasteiger partial charge on any atom is -0.372 e. The summed E-state index contributed by atoms with van der Waals surface area (Å²) in [6.07, 6.45) is 6.38. The van der Waals surface area contributed by atoms with Gasteiger partial charge in [0.15, 0.2) is 0 Å². The second kappa shape index (κ2) is 6.97. The van der Waals surface area contributed by atoms with Crippen LogP contribution in [0.1, 0.15) is 31.0 Å². The summed E-state index contributed by atoms with van der Waals surface area (Å²) in [4.78, 5) is 6.64. The first-order valence-electron chi connectivity index (χ1n) is 8.22. The number of aromatic nitrogens is 2. The molecule has 0 radical (unpaired) electrons. The van der Waals surface area contributed by atoms with Crippen molar-refractivity contribution in [3.05, 3.63) is 48.0 Å². The van der Waals surface area contributed by atoms with Crippen LogP contribution in [0.3, 0.4) is 0 Å². The number of hydrogen-bond donors (Lipinski definition) is 1. The smallest absolute Gasteiger partial charge is 0.0945 e. The summed E-state index contributed by atoms with van der Waals surface area (Å²) in [6, 6.07) is 9.00. The van der Waals surface area contributed by atoms with Gasteiger partial charge in [-0.05, 0) is 36.5 Å². The molecule has 4 nitrogen and oxygen atoms in total. The van der Waals surface area contributed by atoms with E-state index < -0.39 is 0 Å². The third-order valence-electron chi connectivity index (χ3n) is 4.64. The minimum atomic E-state index is 0.849. The lowest BCUT2D eigenvalue weighted by Crippen LogP contribution is -2.32. The Morgan fingerprint density at radius 2 is 1.86 bits per heavy atom. The molecule has 0 saturated carbocycles. The fourth-order valence-corrected chi connectivity index (χ4v) is 2.98. The lowest BCUT2D eigenvalue weighted by atomic mass is 9.99. The van der Waals surface area contributed by atoms with E-state index in [4.69, 9.17) is 0 Å². The van der Waals surface area contributed by atoms with E-state index >= 15 is 0 Å². The van der Waals surface area contributed by atoms with Gasteiger partial charge in [0.05, 0.1) is 12.0 Å². The predicted octanol–water partition coefficient (Wildman–Crippen LogP) is 2.95. The number of aryl methyl sites for hydroxylation is 1. The van der Waals surface area contributed by atoms with Gasteiger partial charge in [0.2, 0.25) is 0 Å². The van der Waals surface area contributed by atoms with Gasteiger partial charge < -0.3 is 14.8 Å². The van der Waals surface area contributed by atoms with Crippen LogP contribution >= 0.6 is 0 Å². The van der Waals surface area contributed by atoms with Crippen molar-refractivity contribution >= 4 is 5.69 Å². The Bertz CT molecular complexity index is 579. The molecular weight excluding hydrogens is 272 g/mol. The Morgan fingerprint density at radius 3 is 2.50 bits per heavy atom. The van der Waals surface area contributed by atoms with Crippen molar-refractivity contribution in [2.45, 2.75) is 32.9 Å². The number of imidazole rings is 1. The van der Waals surface area contributed by atoms with Gasteiger partial charge in [-0.3, -0.25) is 0 Å². The summed E-state index contributed by atoms with van der Waals surface area (Å²) in [6.45, 7) is 6.48. The van der Waals surface area contributed by atoms with Gasteiger partial charge in [-0.25, -0.2) is 4.98 Å². The Morgan fingerprint density at radius 1 is 1.14 bits per heavy atom. The van der Waals surface area contributed by atoms with Gasteiger partial charge in [0, 0.05) is 45.1 Å². The lowest BCUT2D eigenvalue weighted by molar-refractivity contribution is 0.438. The molecule has 1 aliphatic heterocycles. The SMILES string of the molecule is CC1CCN(c2ccc(CNCc3cncn3C)cc2)CC1. The van der Waals surface area contributed by atoms with Crippen LogP contribution in [-0.4, -0.2) is 22.6 Å². The van der Waals surface area contributed by atoms with Crippen molar-refractivity contribution in [3.8, 4) is 0 Å². The second-order valence-electron chi connectivity index (χ2n) is 6.44. The highest BCUT2D eigenvalue weighted by atomic mass is 15.1. The number of piperidine rings is 1. The van der Waals surface area contributed by atoms with E-state index in [1.165, 1.54) is 42.9 Å². The molecule has 0 bridgehead atoms. The number of rotatable bonds is 5. The third-order valence-corrected chi connectivity index (χ3v) is 4.64. The molecule has 22 heavy (non-hydrogen) atoms. The number of nitrogens with one attached hydrogen (secondary N) is 1. The molecule has 4 heteroatoms. The van der Waals surface area contributed by atoms with Gasteiger partial charge in [0.25, 0.3) is 0 Å². The van der Waals surface area contributed by atoms with Gasteiger partial charge in [-0.1, -0.05) is 19.1 Å². The van der Waals surface area contributed by atoms with E-state index in [1.54, 1.807) is 0 Å². The number of benzene rings is 1. The zero-order chi connectivity index (χ0) is 15.4. The minimum absolute atomic E-state index is 0.849. The van der Waals surface area contributed by atoms with E-state index in [2.05, 4.69) is 46.4 Å². The summed E-state index contributed by atoms with van der Waals surface area (Å²) in [7, 11) is 2.03. The summed E-state index contributed by atoms with van der Waals surface area (Å²) >= 11 is 0. The third kappa shape index (κ3) is 3.69. The molecule has 0 atom stereocenters. The number of anilines is 1. The topological polar surface area (TPSA) is 33.1 Å². The van der Waals surface area contributed by atoms with Gasteiger partial charge in [-0.15, -0.1) is 0 Å². The average molecular weight is 298 g/mol. The summed E-state index contributed by atoms with van der Waals surface area (Å²) in [5, 5.41) is 3.48. The van der Waals surface area contributed by atoms with Crippen molar-refractivity contribution in [1.29, 1.82) is 0 Å². The first kappa shape index (κ1) is 15.1. The van der Waals surface area contributed by atoms with Crippen molar-refractivity contribution in [2.75, 3.05) is 18.0 Å². The van der Waals surface area contributed by atoms with Crippen LogP contribution < -0.4 is 10.2 Å². The molecule has 0 spiro atoms. The molecule has 0 aliphatic carbocycles. The van der Waals surface area contributed by atoms with Crippen molar-refractivity contribution in [1.82, 2.24) is 14.9 Å². The molecule has 1 aliphatic rings. The van der Waals surface area contributed by atoms with E-state index in [1.807, 2.05) is 24.1 Å². The molecule has 0 amide bonds. The van der Waals surface area contributed by atoms with Gasteiger partial charge in [-0.2, -0.15) is 0 Å². The van der Waals surface area contributed by atoms with Crippen molar-refractivity contribution < 1.29 is 0 Å². The molecule has 1 saturated heterocycles. The van der Waals surface area contributed by atoms with Crippen molar-refractivity contribution in [2.24, 2.45) is 13.0 Å². The van der Waals surface area contributed by atoms with Crippen LogP contribution in [0.15, 0.2) is 36.8 Å². The Labute approximate surface area is 133 Å². The maximum absolute atomic E-state index is 4.13. The van der Waals surface area contributed by atoms with E-state index in [-0.39, 0.29) is 0 Å². The first-order chi connectivity index (χ1) is 10.7. The zero-order valence-corrected chi connectivity index (χ0v) is 13.6. The molecule has 1 fully saturated rings. The van der Waals surface area contributed by atoms with Crippen LogP contribution in [0.5, 0.6) is 0 Å². The molecule has 2 heterocycles. The fourth-order valence-electron chi connectivity index (χ4n) is 2.98. The average Bonchev–Trinajstić information content (AvgIpc) is 2.94. The molecule has 0 unspecified atom stereocenters. The monoisotopic (exact) mass is 298 g/mol. The number of nitrogens with zero attached hydrogens (tertiary/aromatic N) is 3. The molecule has 1 aromatic carbocycles. The molecular formula is C18H26N4. The highest BCUT2D eigenvalue weighted by molar-refractivity contribution is 5.47. The quantitative estimate of drug-likeness (QED) is 0.921. The largest absolute Gasteiger partial charge is 0.372 e. The van der Waals surface area contributed by atoms with Crippen molar-refractivity contribution in [3.63, 3.8) is 0 Å². The fraction of sp³-hybridized carbons (Fsp3) is 0.500. The Kier molecular flexibility index (Phi) is 4.78. The molecule has 2 aromatic rings. The molecule has 3 rings (SSSR count). The lowest BCUT2D eigenvalue weighted by Gasteiger charge is -2.32. The summed E-state index contributed by atoms with van der Waals surface area (Å²) in [5.41, 5.74) is 3.90. The van der Waals surface area contributed by atoms with Crippen LogP contribution in [0.2, 0.25) is 0 Å². The zero-order valence-electron chi connectivity index (χ0n) is 13.6. The Hall–Kier alpha value is -1.81. The van der Waals surface area contributed by atoms with Gasteiger partial charge >= 0.3 is 0 Å². The van der Waals surface area contributed by atoms with Crippen LogP contribution in [0.4, 0.5) is 5.69 Å². The molecule has 118 valence electrons. The summed E-state index contributed by atoms with van der Waals surface area (Å²) < 4.78 is 2.05. The Balaban J connectivity index is 1.50. The summed E-state index contributed by atoms with van der Waals surface area (Å²) in [5.74, 6) is 0.881. The van der Waals surface area contributed by atoms with Crippen LogP contribution in [0.25, 0.3) is 0 Å². The highest BCUT2D eigenvalue weighted by Gasteiger charge is 2.15. The highest BCUT2D eigenvalue weighted by Crippen LogP contribution is 2.23. The molecule has 1 N–H and O–H groups in total. The number of hydrogen-bond acceptors (Lipinski definition) is 3. The maximum atomic E-state index is 4.13. The van der Waals surface area contributed by atoms with E-state index in [9.17, 15) is 0 Å². The normalized spacial score (nSPS) is 16.2. The van der Waals surface area contributed by atoms with Gasteiger partial charge in [0.1, 0.15) is 0 Å². The van der Waals surface area contributed by atoms with E-state index in [0.29, 0.717) is 0 Å².